The zero-order chi connectivity index (χ0) is 20.8. The van der Waals surface area contributed by atoms with E-state index < -0.39 is 0 Å². The number of ether oxygens (including phenoxy) is 1. The minimum absolute atomic E-state index is 0.0919. The lowest BCUT2D eigenvalue weighted by Crippen LogP contribution is -2.52. The van der Waals surface area contributed by atoms with Gasteiger partial charge in [-0.25, -0.2) is 9.78 Å². The average molecular weight is 417 g/mol. The van der Waals surface area contributed by atoms with Crippen molar-refractivity contribution in [3.05, 3.63) is 45.9 Å². The molecule has 1 saturated heterocycles. The van der Waals surface area contributed by atoms with E-state index in [2.05, 4.69) is 10.3 Å². The quantitative estimate of drug-likeness (QED) is 0.710. The Labute approximate surface area is 173 Å². The molecule has 1 fully saturated rings. The second-order valence-electron chi connectivity index (χ2n) is 6.72. The summed E-state index contributed by atoms with van der Waals surface area (Å²) in [5.41, 5.74) is 1.72. The maximum atomic E-state index is 12.8. The predicted molar refractivity (Wildman–Crippen MR) is 109 cm³/mol. The van der Waals surface area contributed by atoms with Gasteiger partial charge in [-0.15, -0.1) is 11.3 Å². The van der Waals surface area contributed by atoms with Crippen molar-refractivity contribution in [3.63, 3.8) is 0 Å². The van der Waals surface area contributed by atoms with E-state index in [1.165, 1.54) is 11.9 Å². The fourth-order valence-electron chi connectivity index (χ4n) is 3.01. The number of nitrogens with one attached hydrogen (secondary N) is 1. The number of hydrogen-bond acceptors (Lipinski definition) is 6. The number of benzene rings is 1. The Kier molecular flexibility index (Phi) is 6.82. The first-order chi connectivity index (χ1) is 14.0. The number of aromatic nitrogens is 1. The van der Waals surface area contributed by atoms with E-state index in [1.54, 1.807) is 34.4 Å². The molecule has 1 N–H and O–H groups in total. The second kappa shape index (κ2) is 9.51. The molecular weight excluding hydrogens is 392 g/mol. The molecule has 0 bridgehead atoms. The van der Waals surface area contributed by atoms with Gasteiger partial charge >= 0.3 is 6.03 Å². The van der Waals surface area contributed by atoms with Gasteiger partial charge in [-0.2, -0.15) is 0 Å². The van der Waals surface area contributed by atoms with Gasteiger partial charge in [0.05, 0.1) is 17.2 Å². The van der Waals surface area contributed by atoms with Crippen LogP contribution in [0.3, 0.4) is 0 Å². The molecule has 9 heteroatoms. The first-order valence-corrected chi connectivity index (χ1v) is 10.3. The molecule has 1 aliphatic heterocycles. The molecule has 0 unspecified atom stereocenters. The molecule has 3 rings (SSSR count). The Morgan fingerprint density at radius 1 is 1.34 bits per heavy atom. The van der Waals surface area contributed by atoms with Crippen LogP contribution >= 0.6 is 11.3 Å². The van der Waals surface area contributed by atoms with E-state index in [-0.39, 0.29) is 31.0 Å². The third kappa shape index (κ3) is 5.54. The van der Waals surface area contributed by atoms with E-state index in [4.69, 9.17) is 4.74 Å². The first kappa shape index (κ1) is 20.8. The maximum absolute atomic E-state index is 12.8. The van der Waals surface area contributed by atoms with Gasteiger partial charge in [0.1, 0.15) is 5.75 Å². The van der Waals surface area contributed by atoms with Gasteiger partial charge in [0, 0.05) is 38.4 Å². The number of imide groups is 1. The van der Waals surface area contributed by atoms with Crippen molar-refractivity contribution >= 4 is 29.2 Å². The molecule has 8 nitrogen and oxygen atoms in total. The Bertz CT molecular complexity index is 898. The van der Waals surface area contributed by atoms with E-state index >= 15 is 0 Å². The highest BCUT2D eigenvalue weighted by atomic mass is 32.1. The monoisotopic (exact) mass is 416 g/mol. The normalized spacial score (nSPS) is 14.3. The molecule has 1 aromatic carbocycles. The average Bonchev–Trinajstić information content (AvgIpc) is 3.14. The molecule has 1 aromatic heterocycles. The number of aryl methyl sites for hydroxylation is 1. The topological polar surface area (TPSA) is 91.8 Å². The van der Waals surface area contributed by atoms with Crippen molar-refractivity contribution in [2.75, 3.05) is 26.7 Å². The molecule has 154 valence electrons. The van der Waals surface area contributed by atoms with Crippen molar-refractivity contribution in [3.8, 4) is 5.75 Å². The SMILES string of the molecule is CNC(=O)COc1cccc(CN2C(=O)CCN(CCc3csc(C)n3)C2=O)c1. The lowest BCUT2D eigenvalue weighted by Gasteiger charge is -2.34. The summed E-state index contributed by atoms with van der Waals surface area (Å²) in [5, 5.41) is 5.48. The van der Waals surface area contributed by atoms with Crippen LogP contribution in [-0.4, -0.2) is 59.4 Å². The fraction of sp³-hybridized carbons (Fsp3) is 0.400. The molecule has 29 heavy (non-hydrogen) atoms. The van der Waals surface area contributed by atoms with Crippen LogP contribution in [0.4, 0.5) is 4.79 Å². The largest absolute Gasteiger partial charge is 0.484 e. The molecule has 0 aliphatic carbocycles. The number of nitrogens with zero attached hydrogens (tertiary/aromatic N) is 3. The zero-order valence-corrected chi connectivity index (χ0v) is 17.3. The molecule has 0 radical (unpaired) electrons. The van der Waals surface area contributed by atoms with Crippen molar-refractivity contribution in [2.45, 2.75) is 26.3 Å². The van der Waals surface area contributed by atoms with Gasteiger partial charge in [0.2, 0.25) is 5.91 Å². The second-order valence-corrected chi connectivity index (χ2v) is 7.78. The summed E-state index contributed by atoms with van der Waals surface area (Å²) in [6.07, 6.45) is 0.968. The molecular formula is C20H24N4O4S. The van der Waals surface area contributed by atoms with Crippen molar-refractivity contribution in [2.24, 2.45) is 0 Å². The predicted octanol–water partition coefficient (Wildman–Crippen LogP) is 1.97. The summed E-state index contributed by atoms with van der Waals surface area (Å²) < 4.78 is 5.44. The first-order valence-electron chi connectivity index (χ1n) is 9.39. The highest BCUT2D eigenvalue weighted by Gasteiger charge is 2.31. The van der Waals surface area contributed by atoms with Crippen molar-refractivity contribution < 1.29 is 19.1 Å². The Morgan fingerprint density at radius 2 is 2.17 bits per heavy atom. The van der Waals surface area contributed by atoms with Crippen LogP contribution in [-0.2, 0) is 22.6 Å². The number of carbonyl (C=O) groups excluding carboxylic acids is 3. The Hall–Kier alpha value is -2.94. The fourth-order valence-corrected chi connectivity index (χ4v) is 3.66. The lowest BCUT2D eigenvalue weighted by atomic mass is 10.1. The van der Waals surface area contributed by atoms with E-state index in [1.807, 2.05) is 18.4 Å². The molecule has 2 aromatic rings. The number of likely N-dealkylation sites (N-methyl/N-ethyl adjacent to an activating group) is 1. The summed E-state index contributed by atoms with van der Waals surface area (Å²) in [7, 11) is 1.54. The van der Waals surface area contributed by atoms with Crippen LogP contribution < -0.4 is 10.1 Å². The number of thiazole rings is 1. The number of rotatable bonds is 8. The van der Waals surface area contributed by atoms with Gasteiger partial charge < -0.3 is 15.0 Å². The molecule has 2 heterocycles. The lowest BCUT2D eigenvalue weighted by molar-refractivity contribution is -0.131. The molecule has 0 spiro atoms. The number of hydrogen-bond donors (Lipinski definition) is 1. The third-order valence-electron chi connectivity index (χ3n) is 4.59. The van der Waals surface area contributed by atoms with Gasteiger partial charge in [0.25, 0.3) is 5.91 Å². The van der Waals surface area contributed by atoms with Crippen LogP contribution in [0.5, 0.6) is 5.75 Å². The summed E-state index contributed by atoms with van der Waals surface area (Å²) in [6.45, 7) is 2.98. The molecule has 0 saturated carbocycles. The molecule has 1 aliphatic rings. The van der Waals surface area contributed by atoms with Crippen molar-refractivity contribution in [1.82, 2.24) is 20.1 Å². The van der Waals surface area contributed by atoms with Gasteiger partial charge in [-0.1, -0.05) is 12.1 Å². The highest BCUT2D eigenvalue weighted by molar-refractivity contribution is 7.09. The third-order valence-corrected chi connectivity index (χ3v) is 5.41. The molecule has 4 amide bonds. The highest BCUT2D eigenvalue weighted by Crippen LogP contribution is 2.19. The summed E-state index contributed by atoms with van der Waals surface area (Å²) in [5.74, 6) is 0.0916. The smallest absolute Gasteiger partial charge is 0.327 e. The Balaban J connectivity index is 1.62. The van der Waals surface area contributed by atoms with Crippen LogP contribution in [0.1, 0.15) is 22.7 Å². The van der Waals surface area contributed by atoms with Gasteiger partial charge in [-0.05, 0) is 24.6 Å². The zero-order valence-electron chi connectivity index (χ0n) is 16.5. The minimum atomic E-state index is -0.287. The summed E-state index contributed by atoms with van der Waals surface area (Å²) >= 11 is 1.59. The van der Waals surface area contributed by atoms with Crippen LogP contribution in [0.2, 0.25) is 0 Å². The summed E-state index contributed by atoms with van der Waals surface area (Å²) in [6, 6.07) is 6.78. The van der Waals surface area contributed by atoms with Crippen LogP contribution in [0.15, 0.2) is 29.6 Å². The van der Waals surface area contributed by atoms with Gasteiger partial charge in [-0.3, -0.25) is 14.5 Å². The van der Waals surface area contributed by atoms with E-state index in [0.29, 0.717) is 31.7 Å². The summed E-state index contributed by atoms with van der Waals surface area (Å²) in [4.78, 5) is 43.9. The number of carbonyl (C=O) groups is 3. The minimum Gasteiger partial charge on any atom is -0.484 e. The maximum Gasteiger partial charge on any atom is 0.327 e. The number of amides is 4. The number of urea groups is 1. The van der Waals surface area contributed by atoms with Crippen molar-refractivity contribution in [1.29, 1.82) is 0 Å². The Morgan fingerprint density at radius 3 is 2.90 bits per heavy atom. The van der Waals surface area contributed by atoms with E-state index in [0.717, 1.165) is 16.3 Å². The van der Waals surface area contributed by atoms with Crippen LogP contribution in [0.25, 0.3) is 0 Å². The van der Waals surface area contributed by atoms with E-state index in [9.17, 15) is 14.4 Å². The van der Waals surface area contributed by atoms with Gasteiger partial charge in [0.15, 0.2) is 6.61 Å². The van der Waals surface area contributed by atoms with Crippen LogP contribution in [0, 0.1) is 6.92 Å². The standard InChI is InChI=1S/C20H24N4O4S/c1-14-22-16(13-29-14)6-8-23-9-7-19(26)24(20(23)27)11-15-4-3-5-17(10-15)28-12-18(25)21-2/h3-5,10,13H,6-9,11-12H2,1-2H3,(H,21,25). The molecule has 0 atom stereocenters.